The molecule has 0 spiro atoms. The van der Waals surface area contributed by atoms with E-state index in [-0.39, 0.29) is 27.9 Å². The molecule has 1 heterocycles. The third-order valence-electron chi connectivity index (χ3n) is 4.85. The van der Waals surface area contributed by atoms with E-state index in [9.17, 15) is 22.0 Å². The summed E-state index contributed by atoms with van der Waals surface area (Å²) in [6.45, 7) is -2.58. The third-order valence-corrected chi connectivity index (χ3v) is 6.75. The molecule has 2 aromatic carbocycles. The zero-order chi connectivity index (χ0) is 24.7. The fraction of sp³-hybridized carbons (Fsp3) is 0.333. The van der Waals surface area contributed by atoms with E-state index in [4.69, 9.17) is 15.3 Å². The van der Waals surface area contributed by atoms with Gasteiger partial charge in [0.25, 0.3) is 5.91 Å². The van der Waals surface area contributed by atoms with Gasteiger partial charge in [0.15, 0.2) is 23.9 Å². The molecule has 1 aliphatic heterocycles. The number of hydrogen-bond donors (Lipinski definition) is 2. The van der Waals surface area contributed by atoms with Crippen LogP contribution in [-0.2, 0) is 19.7 Å². The quantitative estimate of drug-likeness (QED) is 0.292. The Morgan fingerprint density at radius 2 is 1.91 bits per heavy atom. The third kappa shape index (κ3) is 6.32. The molecule has 10 nitrogen and oxygen atoms in total. The monoisotopic (exact) mass is 498 g/mol. The zero-order valence-corrected chi connectivity index (χ0v) is 19.1. The number of carbonyl (C=O) groups excluding carboxylic acids is 1. The number of methoxy groups -OCH3 is 1. The second kappa shape index (κ2) is 11.1. The number of benzene rings is 2. The molecule has 1 fully saturated rings. The Labute approximate surface area is 195 Å². The van der Waals surface area contributed by atoms with Crippen LogP contribution < -0.4 is 20.5 Å². The summed E-state index contributed by atoms with van der Waals surface area (Å²) in [6, 6.07) is 9.85. The minimum atomic E-state index is -3.62. The minimum absolute atomic E-state index is 0.0115. The summed E-state index contributed by atoms with van der Waals surface area (Å²) >= 11 is 0. The molecule has 1 saturated heterocycles. The number of nitrogens with zero attached hydrogens (tertiary/aromatic N) is 2. The maximum absolute atomic E-state index is 12.7. The topological polar surface area (TPSA) is 133 Å². The molecule has 0 aliphatic carbocycles. The van der Waals surface area contributed by atoms with Crippen molar-refractivity contribution in [1.82, 2.24) is 4.31 Å². The number of amidine groups is 1. The van der Waals surface area contributed by atoms with E-state index in [1.807, 2.05) is 0 Å². The highest BCUT2D eigenvalue weighted by atomic mass is 32.2. The van der Waals surface area contributed by atoms with Gasteiger partial charge >= 0.3 is 6.61 Å². The highest BCUT2D eigenvalue weighted by Gasteiger charge is 2.27. The van der Waals surface area contributed by atoms with E-state index in [2.05, 4.69) is 15.2 Å². The highest BCUT2D eigenvalue weighted by Crippen LogP contribution is 2.29. The summed E-state index contributed by atoms with van der Waals surface area (Å²) in [7, 11) is -2.35. The normalized spacial score (nSPS) is 14.8. The predicted octanol–water partition coefficient (Wildman–Crippen LogP) is 2.36. The van der Waals surface area contributed by atoms with Crippen molar-refractivity contribution in [2.45, 2.75) is 24.3 Å². The van der Waals surface area contributed by atoms with Crippen LogP contribution in [0.1, 0.15) is 18.4 Å². The van der Waals surface area contributed by atoms with Crippen LogP contribution in [0.2, 0.25) is 0 Å². The van der Waals surface area contributed by atoms with Gasteiger partial charge in [0.05, 0.1) is 12.0 Å². The summed E-state index contributed by atoms with van der Waals surface area (Å²) < 4.78 is 61.0. The average molecular weight is 499 g/mol. The van der Waals surface area contributed by atoms with Crippen LogP contribution in [0.15, 0.2) is 52.5 Å². The van der Waals surface area contributed by atoms with E-state index < -0.39 is 29.1 Å². The van der Waals surface area contributed by atoms with Crippen molar-refractivity contribution in [3.05, 3.63) is 48.0 Å². The van der Waals surface area contributed by atoms with E-state index in [1.165, 1.54) is 47.8 Å². The van der Waals surface area contributed by atoms with Gasteiger partial charge in [-0.2, -0.15) is 13.1 Å². The molecule has 3 rings (SSSR count). The Bertz CT molecular complexity index is 1150. The molecule has 0 radical (unpaired) electrons. The number of amides is 1. The van der Waals surface area contributed by atoms with Gasteiger partial charge in [-0.1, -0.05) is 11.2 Å². The first-order valence-corrected chi connectivity index (χ1v) is 11.6. The van der Waals surface area contributed by atoms with Gasteiger partial charge in [0.2, 0.25) is 10.0 Å². The van der Waals surface area contributed by atoms with Gasteiger partial charge < -0.3 is 25.4 Å². The lowest BCUT2D eigenvalue weighted by molar-refractivity contribution is -0.120. The van der Waals surface area contributed by atoms with Crippen LogP contribution in [0.4, 0.5) is 14.5 Å². The molecule has 0 saturated carbocycles. The Morgan fingerprint density at radius 1 is 1.18 bits per heavy atom. The summed E-state index contributed by atoms with van der Waals surface area (Å²) in [5.41, 5.74) is 6.39. The number of halogens is 2. The highest BCUT2D eigenvalue weighted by molar-refractivity contribution is 7.89. The molecular weight excluding hydrogens is 474 g/mol. The second-order valence-corrected chi connectivity index (χ2v) is 9.12. The van der Waals surface area contributed by atoms with Crippen molar-refractivity contribution in [3.63, 3.8) is 0 Å². The largest absolute Gasteiger partial charge is 0.493 e. The maximum Gasteiger partial charge on any atom is 0.387 e. The van der Waals surface area contributed by atoms with Gasteiger partial charge in [-0.25, -0.2) is 8.42 Å². The smallest absolute Gasteiger partial charge is 0.387 e. The van der Waals surface area contributed by atoms with Crippen LogP contribution in [0.3, 0.4) is 0 Å². The number of ether oxygens (including phenoxy) is 2. The number of nitrogens with two attached hydrogens (primary N) is 1. The Kier molecular flexibility index (Phi) is 8.23. The second-order valence-electron chi connectivity index (χ2n) is 7.18. The Morgan fingerprint density at radius 3 is 2.59 bits per heavy atom. The number of sulfonamides is 1. The SMILES string of the molecule is COc1cc(/C(N)=N/OCC(=O)Nc2cccc(S(=O)(=O)N3CCCC3)c2)ccc1OC(F)F. The summed E-state index contributed by atoms with van der Waals surface area (Å²) in [5, 5.41) is 6.18. The van der Waals surface area contributed by atoms with Crippen LogP contribution in [0.25, 0.3) is 0 Å². The van der Waals surface area contributed by atoms with Gasteiger partial charge in [0, 0.05) is 24.3 Å². The zero-order valence-electron chi connectivity index (χ0n) is 18.2. The molecule has 0 aromatic heterocycles. The lowest BCUT2D eigenvalue weighted by atomic mass is 10.2. The van der Waals surface area contributed by atoms with Crippen LogP contribution >= 0.6 is 0 Å². The number of anilines is 1. The summed E-state index contributed by atoms with van der Waals surface area (Å²) in [6.07, 6.45) is 1.63. The van der Waals surface area contributed by atoms with E-state index in [0.717, 1.165) is 12.8 Å². The van der Waals surface area contributed by atoms with Gasteiger partial charge in [0.1, 0.15) is 0 Å². The van der Waals surface area contributed by atoms with Crippen molar-refractivity contribution >= 4 is 27.5 Å². The molecular formula is C21H24F2N4O6S. The molecule has 13 heteroatoms. The molecule has 3 N–H and O–H groups in total. The van der Waals surface area contributed by atoms with Crippen molar-refractivity contribution in [3.8, 4) is 11.5 Å². The molecule has 34 heavy (non-hydrogen) atoms. The fourth-order valence-corrected chi connectivity index (χ4v) is 4.81. The standard InChI is InChI=1S/C21H24F2N4O6S/c1-31-18-11-14(7-8-17(18)33-21(22)23)20(24)26-32-13-19(28)25-15-5-4-6-16(12-15)34(29,30)27-9-2-3-10-27/h4-8,11-12,21H,2-3,9-10,13H2,1H3,(H2,24,26)(H,25,28). The Balaban J connectivity index is 1.59. The number of oxime groups is 1. The van der Waals surface area contributed by atoms with Crippen LogP contribution in [0, 0.1) is 0 Å². The van der Waals surface area contributed by atoms with Crippen LogP contribution in [0.5, 0.6) is 11.5 Å². The van der Waals surface area contributed by atoms with E-state index in [0.29, 0.717) is 18.7 Å². The molecule has 1 aliphatic rings. The number of alkyl halides is 2. The first kappa shape index (κ1) is 25.2. The molecule has 0 bridgehead atoms. The van der Waals surface area contributed by atoms with E-state index in [1.54, 1.807) is 6.07 Å². The lowest BCUT2D eigenvalue weighted by Gasteiger charge is -2.16. The minimum Gasteiger partial charge on any atom is -0.493 e. The first-order valence-electron chi connectivity index (χ1n) is 10.2. The fourth-order valence-electron chi connectivity index (χ4n) is 3.24. The number of rotatable bonds is 10. The molecule has 0 atom stereocenters. The molecule has 2 aromatic rings. The molecule has 184 valence electrons. The number of nitrogens with one attached hydrogen (secondary N) is 1. The first-order chi connectivity index (χ1) is 16.2. The summed E-state index contributed by atoms with van der Waals surface area (Å²) in [5.74, 6) is -0.889. The maximum atomic E-state index is 12.7. The number of carbonyl (C=O) groups is 1. The van der Waals surface area contributed by atoms with Crippen molar-refractivity contribution < 1.29 is 36.3 Å². The molecule has 1 amide bonds. The number of hydrogen-bond acceptors (Lipinski definition) is 7. The average Bonchev–Trinajstić information content (AvgIpc) is 3.35. The van der Waals surface area contributed by atoms with Crippen molar-refractivity contribution in [2.24, 2.45) is 10.9 Å². The predicted molar refractivity (Wildman–Crippen MR) is 119 cm³/mol. The summed E-state index contributed by atoms with van der Waals surface area (Å²) in [4.78, 5) is 17.2. The van der Waals surface area contributed by atoms with Crippen molar-refractivity contribution in [1.29, 1.82) is 0 Å². The van der Waals surface area contributed by atoms with Crippen LogP contribution in [-0.4, -0.2) is 57.9 Å². The van der Waals surface area contributed by atoms with Gasteiger partial charge in [-0.15, -0.1) is 0 Å². The molecule has 0 unspecified atom stereocenters. The van der Waals surface area contributed by atoms with Gasteiger partial charge in [-0.3, -0.25) is 4.79 Å². The van der Waals surface area contributed by atoms with Crippen molar-refractivity contribution in [2.75, 3.05) is 32.1 Å². The van der Waals surface area contributed by atoms with E-state index >= 15 is 0 Å². The van der Waals surface area contributed by atoms with Gasteiger partial charge in [-0.05, 0) is 49.2 Å². The Hall–Kier alpha value is -3.45. The lowest BCUT2D eigenvalue weighted by Crippen LogP contribution is -2.28.